The van der Waals surface area contributed by atoms with Gasteiger partial charge in [-0.25, -0.2) is 0 Å². The highest BCUT2D eigenvalue weighted by Gasteiger charge is 2.23. The maximum Gasteiger partial charge on any atom is 0.0674 e. The Balaban J connectivity index is 1.86. The van der Waals surface area contributed by atoms with Gasteiger partial charge >= 0.3 is 0 Å². The van der Waals surface area contributed by atoms with Crippen molar-refractivity contribution in [1.29, 1.82) is 0 Å². The number of morpholine rings is 1. The first-order valence-electron chi connectivity index (χ1n) is 7.83. The Morgan fingerprint density at radius 1 is 1.20 bits per heavy atom. The summed E-state index contributed by atoms with van der Waals surface area (Å²) in [5, 5.41) is 3.37. The third-order valence-electron chi connectivity index (χ3n) is 3.99. The molecular formula is C17H28N2O. The van der Waals surface area contributed by atoms with Crippen LogP contribution in [0.1, 0.15) is 31.9 Å². The second kappa shape index (κ2) is 7.77. The molecule has 1 saturated heterocycles. The van der Waals surface area contributed by atoms with Gasteiger partial charge in [0.05, 0.1) is 12.7 Å². The van der Waals surface area contributed by atoms with E-state index in [9.17, 15) is 0 Å². The number of benzene rings is 1. The van der Waals surface area contributed by atoms with Gasteiger partial charge in [-0.2, -0.15) is 0 Å². The van der Waals surface area contributed by atoms with E-state index in [-0.39, 0.29) is 0 Å². The van der Waals surface area contributed by atoms with E-state index in [4.69, 9.17) is 4.74 Å². The summed E-state index contributed by atoms with van der Waals surface area (Å²) in [6.45, 7) is 11.6. The van der Waals surface area contributed by atoms with Crippen LogP contribution in [-0.4, -0.2) is 43.3 Å². The van der Waals surface area contributed by atoms with Crippen molar-refractivity contribution in [1.82, 2.24) is 10.2 Å². The average molecular weight is 276 g/mol. The Kier molecular flexibility index (Phi) is 6.02. The van der Waals surface area contributed by atoms with Crippen molar-refractivity contribution in [3.63, 3.8) is 0 Å². The lowest BCUT2D eigenvalue weighted by Crippen LogP contribution is -2.46. The first kappa shape index (κ1) is 15.5. The molecule has 0 amide bonds. The SMILES string of the molecule is CCNCCc1ccc(CN2CC(C)OCC2C)cc1. The van der Waals surface area contributed by atoms with Crippen molar-refractivity contribution in [2.24, 2.45) is 0 Å². The molecule has 1 aromatic rings. The number of rotatable bonds is 6. The highest BCUT2D eigenvalue weighted by molar-refractivity contribution is 5.23. The van der Waals surface area contributed by atoms with Crippen LogP contribution in [0.5, 0.6) is 0 Å². The van der Waals surface area contributed by atoms with E-state index in [2.05, 4.69) is 55.3 Å². The number of likely N-dealkylation sites (N-methyl/N-ethyl adjacent to an activating group) is 1. The fourth-order valence-corrected chi connectivity index (χ4v) is 2.65. The van der Waals surface area contributed by atoms with Crippen molar-refractivity contribution in [2.45, 2.75) is 45.9 Å². The molecule has 3 heteroatoms. The minimum atomic E-state index is 0.352. The van der Waals surface area contributed by atoms with E-state index in [1.807, 2.05) is 0 Å². The lowest BCUT2D eigenvalue weighted by Gasteiger charge is -2.36. The molecule has 0 spiro atoms. The van der Waals surface area contributed by atoms with Crippen LogP contribution >= 0.6 is 0 Å². The van der Waals surface area contributed by atoms with Gasteiger partial charge in [0.2, 0.25) is 0 Å². The smallest absolute Gasteiger partial charge is 0.0674 e. The molecule has 1 aliphatic rings. The molecule has 0 bridgehead atoms. The van der Waals surface area contributed by atoms with Crippen molar-refractivity contribution >= 4 is 0 Å². The van der Waals surface area contributed by atoms with E-state index in [1.165, 1.54) is 11.1 Å². The summed E-state index contributed by atoms with van der Waals surface area (Å²) in [5.41, 5.74) is 2.82. The highest BCUT2D eigenvalue weighted by Crippen LogP contribution is 2.15. The van der Waals surface area contributed by atoms with Gasteiger partial charge in [-0.05, 0) is 44.5 Å². The van der Waals surface area contributed by atoms with Crippen molar-refractivity contribution in [3.05, 3.63) is 35.4 Å². The second-order valence-electron chi connectivity index (χ2n) is 5.84. The molecule has 2 atom stereocenters. The van der Waals surface area contributed by atoms with Crippen molar-refractivity contribution in [3.8, 4) is 0 Å². The van der Waals surface area contributed by atoms with Crippen LogP contribution in [0, 0.1) is 0 Å². The van der Waals surface area contributed by atoms with Gasteiger partial charge in [0.1, 0.15) is 0 Å². The third-order valence-corrected chi connectivity index (χ3v) is 3.99. The van der Waals surface area contributed by atoms with Crippen LogP contribution in [0.25, 0.3) is 0 Å². The number of ether oxygens (including phenoxy) is 1. The van der Waals surface area contributed by atoms with Gasteiger partial charge in [0, 0.05) is 19.1 Å². The van der Waals surface area contributed by atoms with Crippen LogP contribution in [0.3, 0.4) is 0 Å². The zero-order valence-electron chi connectivity index (χ0n) is 13.1. The van der Waals surface area contributed by atoms with Gasteiger partial charge < -0.3 is 10.1 Å². The normalized spacial score (nSPS) is 23.9. The molecule has 0 aliphatic carbocycles. The molecule has 1 fully saturated rings. The van der Waals surface area contributed by atoms with Crippen LogP contribution in [0.15, 0.2) is 24.3 Å². The van der Waals surface area contributed by atoms with Gasteiger partial charge in [-0.3, -0.25) is 4.90 Å². The molecule has 0 aromatic heterocycles. The molecule has 1 N–H and O–H groups in total. The van der Waals surface area contributed by atoms with E-state index in [1.54, 1.807) is 0 Å². The van der Waals surface area contributed by atoms with E-state index in [0.717, 1.165) is 39.2 Å². The molecule has 20 heavy (non-hydrogen) atoms. The van der Waals surface area contributed by atoms with Crippen LogP contribution < -0.4 is 5.32 Å². The predicted molar refractivity (Wildman–Crippen MR) is 84.0 cm³/mol. The lowest BCUT2D eigenvalue weighted by molar-refractivity contribution is -0.0526. The molecule has 0 saturated carbocycles. The minimum absolute atomic E-state index is 0.352. The fraction of sp³-hybridized carbons (Fsp3) is 0.647. The monoisotopic (exact) mass is 276 g/mol. The minimum Gasteiger partial charge on any atom is -0.376 e. The second-order valence-corrected chi connectivity index (χ2v) is 5.84. The maximum absolute atomic E-state index is 5.68. The van der Waals surface area contributed by atoms with Crippen LogP contribution in [-0.2, 0) is 17.7 Å². The van der Waals surface area contributed by atoms with Crippen LogP contribution in [0.2, 0.25) is 0 Å². The van der Waals surface area contributed by atoms with Crippen molar-refractivity contribution < 1.29 is 4.74 Å². The van der Waals surface area contributed by atoms with E-state index < -0.39 is 0 Å². The zero-order valence-corrected chi connectivity index (χ0v) is 13.1. The quantitative estimate of drug-likeness (QED) is 0.808. The lowest BCUT2D eigenvalue weighted by atomic mass is 10.1. The predicted octanol–water partition coefficient (Wildman–Crippen LogP) is 2.45. The summed E-state index contributed by atoms with van der Waals surface area (Å²) in [4.78, 5) is 2.52. The highest BCUT2D eigenvalue weighted by atomic mass is 16.5. The Morgan fingerprint density at radius 3 is 2.60 bits per heavy atom. The molecule has 2 rings (SSSR count). The molecule has 2 unspecified atom stereocenters. The topological polar surface area (TPSA) is 24.5 Å². The Bertz CT molecular complexity index is 390. The Morgan fingerprint density at radius 2 is 1.90 bits per heavy atom. The summed E-state index contributed by atoms with van der Waals surface area (Å²) in [6.07, 6.45) is 1.46. The molecule has 1 aromatic carbocycles. The molecule has 112 valence electrons. The standard InChI is InChI=1S/C17H28N2O/c1-4-18-10-9-16-5-7-17(8-6-16)12-19-11-15(3)20-13-14(19)2/h5-8,14-15,18H,4,9-13H2,1-3H3. The average Bonchev–Trinajstić information content (AvgIpc) is 2.45. The molecule has 1 heterocycles. The first-order chi connectivity index (χ1) is 9.69. The van der Waals surface area contributed by atoms with Gasteiger partial charge in [0.15, 0.2) is 0 Å². The third kappa shape index (κ3) is 4.58. The summed E-state index contributed by atoms with van der Waals surface area (Å²) in [6, 6.07) is 9.59. The summed E-state index contributed by atoms with van der Waals surface area (Å²) in [5.74, 6) is 0. The number of nitrogens with zero attached hydrogens (tertiary/aromatic N) is 1. The summed E-state index contributed by atoms with van der Waals surface area (Å²) < 4.78 is 5.68. The zero-order chi connectivity index (χ0) is 14.4. The van der Waals surface area contributed by atoms with Gasteiger partial charge in [-0.15, -0.1) is 0 Å². The molecule has 1 aliphatic heterocycles. The molecular weight excluding hydrogens is 248 g/mol. The Hall–Kier alpha value is -0.900. The molecule has 3 nitrogen and oxygen atoms in total. The van der Waals surface area contributed by atoms with Gasteiger partial charge in [-0.1, -0.05) is 31.2 Å². The summed E-state index contributed by atoms with van der Waals surface area (Å²) >= 11 is 0. The van der Waals surface area contributed by atoms with Crippen LogP contribution in [0.4, 0.5) is 0 Å². The van der Waals surface area contributed by atoms with E-state index in [0.29, 0.717) is 12.1 Å². The molecule has 0 radical (unpaired) electrons. The Labute approximate surface area is 123 Å². The maximum atomic E-state index is 5.68. The van der Waals surface area contributed by atoms with E-state index >= 15 is 0 Å². The van der Waals surface area contributed by atoms with Crippen molar-refractivity contribution in [2.75, 3.05) is 26.2 Å². The number of hydrogen-bond acceptors (Lipinski definition) is 3. The number of hydrogen-bond donors (Lipinski definition) is 1. The van der Waals surface area contributed by atoms with Gasteiger partial charge in [0.25, 0.3) is 0 Å². The summed E-state index contributed by atoms with van der Waals surface area (Å²) in [7, 11) is 0. The fourth-order valence-electron chi connectivity index (χ4n) is 2.65. The first-order valence-corrected chi connectivity index (χ1v) is 7.83. The largest absolute Gasteiger partial charge is 0.376 e. The number of nitrogens with one attached hydrogen (secondary N) is 1.